The molecule has 0 heterocycles. The SMILES string of the molecule is CCCCCOCC(O)CNC. The Morgan fingerprint density at radius 2 is 2.17 bits per heavy atom. The molecule has 0 aliphatic rings. The summed E-state index contributed by atoms with van der Waals surface area (Å²) in [7, 11) is 1.82. The molecule has 1 atom stereocenters. The fourth-order valence-electron chi connectivity index (χ4n) is 0.968. The molecule has 2 N–H and O–H groups in total. The predicted octanol–water partition coefficient (Wildman–Crippen LogP) is 0.773. The van der Waals surface area contributed by atoms with Crippen LogP contribution in [0.3, 0.4) is 0 Å². The number of aliphatic hydroxyl groups is 1. The Labute approximate surface area is 75.1 Å². The van der Waals surface area contributed by atoms with Crippen molar-refractivity contribution in [2.24, 2.45) is 0 Å². The van der Waals surface area contributed by atoms with E-state index in [0.29, 0.717) is 13.2 Å². The summed E-state index contributed by atoms with van der Waals surface area (Å²) < 4.78 is 5.26. The van der Waals surface area contributed by atoms with Crippen LogP contribution >= 0.6 is 0 Å². The number of rotatable bonds is 8. The molecule has 0 aromatic heterocycles. The Hall–Kier alpha value is -0.120. The predicted molar refractivity (Wildman–Crippen MR) is 50.3 cm³/mol. The first kappa shape index (κ1) is 11.9. The molecule has 0 aliphatic heterocycles. The van der Waals surface area contributed by atoms with Gasteiger partial charge in [0, 0.05) is 13.2 Å². The van der Waals surface area contributed by atoms with E-state index in [1.165, 1.54) is 12.8 Å². The number of aliphatic hydroxyl groups excluding tert-OH is 1. The quantitative estimate of drug-likeness (QED) is 0.535. The summed E-state index contributed by atoms with van der Waals surface area (Å²) in [5.41, 5.74) is 0. The molecule has 0 fully saturated rings. The van der Waals surface area contributed by atoms with Gasteiger partial charge in [-0.1, -0.05) is 19.8 Å². The summed E-state index contributed by atoms with van der Waals surface area (Å²) in [5, 5.41) is 12.1. The Bertz CT molecular complexity index is 88.6. The zero-order chi connectivity index (χ0) is 9.23. The monoisotopic (exact) mass is 175 g/mol. The van der Waals surface area contributed by atoms with E-state index in [1.807, 2.05) is 7.05 Å². The average Bonchev–Trinajstić information content (AvgIpc) is 2.05. The fourth-order valence-corrected chi connectivity index (χ4v) is 0.968. The largest absolute Gasteiger partial charge is 0.389 e. The molecular weight excluding hydrogens is 154 g/mol. The van der Waals surface area contributed by atoms with Crippen LogP contribution in [0.2, 0.25) is 0 Å². The van der Waals surface area contributed by atoms with Gasteiger partial charge in [0.15, 0.2) is 0 Å². The highest BCUT2D eigenvalue weighted by Crippen LogP contribution is 1.94. The second-order valence-electron chi connectivity index (χ2n) is 2.99. The van der Waals surface area contributed by atoms with Crippen LogP contribution in [0, 0.1) is 0 Å². The van der Waals surface area contributed by atoms with Crippen molar-refractivity contribution in [3.8, 4) is 0 Å². The lowest BCUT2D eigenvalue weighted by Gasteiger charge is -2.09. The van der Waals surface area contributed by atoms with Crippen molar-refractivity contribution in [2.45, 2.75) is 32.3 Å². The summed E-state index contributed by atoms with van der Waals surface area (Å²) in [6.07, 6.45) is 3.16. The number of hydrogen-bond acceptors (Lipinski definition) is 3. The Kier molecular flexibility index (Phi) is 8.88. The van der Waals surface area contributed by atoms with Crippen molar-refractivity contribution < 1.29 is 9.84 Å². The van der Waals surface area contributed by atoms with E-state index in [4.69, 9.17) is 4.74 Å². The highest BCUT2D eigenvalue weighted by molar-refractivity contribution is 4.54. The van der Waals surface area contributed by atoms with Crippen LogP contribution in [0.15, 0.2) is 0 Å². The van der Waals surface area contributed by atoms with Gasteiger partial charge in [0.05, 0.1) is 12.7 Å². The van der Waals surface area contributed by atoms with Crippen molar-refractivity contribution in [2.75, 3.05) is 26.8 Å². The molecule has 0 saturated carbocycles. The van der Waals surface area contributed by atoms with Crippen LogP contribution in [0.4, 0.5) is 0 Å². The van der Waals surface area contributed by atoms with Crippen molar-refractivity contribution in [3.05, 3.63) is 0 Å². The maximum Gasteiger partial charge on any atom is 0.0897 e. The van der Waals surface area contributed by atoms with Gasteiger partial charge < -0.3 is 15.2 Å². The number of likely N-dealkylation sites (N-methyl/N-ethyl adjacent to an activating group) is 1. The first-order valence-corrected chi connectivity index (χ1v) is 4.71. The van der Waals surface area contributed by atoms with Crippen LogP contribution in [-0.2, 0) is 4.74 Å². The zero-order valence-electron chi connectivity index (χ0n) is 8.18. The van der Waals surface area contributed by atoms with Gasteiger partial charge in [-0.15, -0.1) is 0 Å². The van der Waals surface area contributed by atoms with Crippen molar-refractivity contribution in [3.63, 3.8) is 0 Å². The molecule has 74 valence electrons. The first-order chi connectivity index (χ1) is 5.81. The molecule has 0 radical (unpaired) electrons. The van der Waals surface area contributed by atoms with E-state index in [-0.39, 0.29) is 6.10 Å². The van der Waals surface area contributed by atoms with Crippen LogP contribution in [0.5, 0.6) is 0 Å². The molecule has 0 bridgehead atoms. The summed E-state index contributed by atoms with van der Waals surface area (Å²) >= 11 is 0. The number of nitrogens with one attached hydrogen (secondary N) is 1. The molecule has 0 rings (SSSR count). The molecule has 0 saturated heterocycles. The van der Waals surface area contributed by atoms with Crippen LogP contribution in [0.25, 0.3) is 0 Å². The number of hydrogen-bond donors (Lipinski definition) is 2. The first-order valence-electron chi connectivity index (χ1n) is 4.71. The van der Waals surface area contributed by atoms with Gasteiger partial charge in [0.25, 0.3) is 0 Å². The highest BCUT2D eigenvalue weighted by atomic mass is 16.5. The lowest BCUT2D eigenvalue weighted by molar-refractivity contribution is 0.0365. The van der Waals surface area contributed by atoms with Gasteiger partial charge in [0.1, 0.15) is 0 Å². The van der Waals surface area contributed by atoms with Gasteiger partial charge in [-0.3, -0.25) is 0 Å². The van der Waals surface area contributed by atoms with Gasteiger partial charge in [-0.25, -0.2) is 0 Å². The van der Waals surface area contributed by atoms with Crippen molar-refractivity contribution >= 4 is 0 Å². The summed E-state index contributed by atoms with van der Waals surface area (Å²) in [6.45, 7) is 3.99. The Morgan fingerprint density at radius 3 is 2.75 bits per heavy atom. The lowest BCUT2D eigenvalue weighted by Crippen LogP contribution is -2.28. The topological polar surface area (TPSA) is 41.5 Å². The van der Waals surface area contributed by atoms with E-state index in [9.17, 15) is 5.11 Å². The average molecular weight is 175 g/mol. The van der Waals surface area contributed by atoms with Gasteiger partial charge in [-0.2, -0.15) is 0 Å². The van der Waals surface area contributed by atoms with Gasteiger partial charge in [-0.05, 0) is 13.5 Å². The minimum Gasteiger partial charge on any atom is -0.389 e. The normalized spacial score (nSPS) is 13.2. The van der Waals surface area contributed by atoms with Crippen LogP contribution in [0.1, 0.15) is 26.2 Å². The highest BCUT2D eigenvalue weighted by Gasteiger charge is 2.00. The van der Waals surface area contributed by atoms with Crippen molar-refractivity contribution in [1.82, 2.24) is 5.32 Å². The number of unbranched alkanes of at least 4 members (excludes halogenated alkanes) is 2. The third kappa shape index (κ3) is 7.98. The molecule has 3 nitrogen and oxygen atoms in total. The second-order valence-corrected chi connectivity index (χ2v) is 2.99. The molecule has 0 spiro atoms. The molecule has 12 heavy (non-hydrogen) atoms. The molecule has 0 aromatic rings. The Balaban J connectivity index is 2.97. The second kappa shape index (κ2) is 8.97. The van der Waals surface area contributed by atoms with E-state index >= 15 is 0 Å². The lowest BCUT2D eigenvalue weighted by atomic mass is 10.3. The van der Waals surface area contributed by atoms with E-state index in [0.717, 1.165) is 13.0 Å². The van der Waals surface area contributed by atoms with E-state index in [1.54, 1.807) is 0 Å². The van der Waals surface area contributed by atoms with E-state index in [2.05, 4.69) is 12.2 Å². The number of ether oxygens (including phenoxy) is 1. The maximum absolute atomic E-state index is 9.22. The molecule has 0 amide bonds. The summed E-state index contributed by atoms with van der Waals surface area (Å²) in [5.74, 6) is 0. The third-order valence-electron chi connectivity index (χ3n) is 1.64. The molecule has 1 unspecified atom stereocenters. The van der Waals surface area contributed by atoms with Crippen LogP contribution < -0.4 is 5.32 Å². The van der Waals surface area contributed by atoms with Crippen molar-refractivity contribution in [1.29, 1.82) is 0 Å². The molecule has 0 aliphatic carbocycles. The molecule has 3 heteroatoms. The minimum atomic E-state index is -0.364. The smallest absolute Gasteiger partial charge is 0.0897 e. The minimum absolute atomic E-state index is 0.364. The van der Waals surface area contributed by atoms with Crippen LogP contribution in [-0.4, -0.2) is 38.0 Å². The zero-order valence-corrected chi connectivity index (χ0v) is 8.18. The maximum atomic E-state index is 9.22. The van der Waals surface area contributed by atoms with Gasteiger partial charge in [0.2, 0.25) is 0 Å². The van der Waals surface area contributed by atoms with E-state index < -0.39 is 0 Å². The molecular formula is C9H21NO2. The Morgan fingerprint density at radius 1 is 1.42 bits per heavy atom. The standard InChI is InChI=1S/C9H21NO2/c1-3-4-5-6-12-8-9(11)7-10-2/h9-11H,3-8H2,1-2H3. The summed E-state index contributed by atoms with van der Waals surface area (Å²) in [4.78, 5) is 0. The third-order valence-corrected chi connectivity index (χ3v) is 1.64. The molecule has 0 aromatic carbocycles. The fraction of sp³-hybridized carbons (Fsp3) is 1.00. The van der Waals surface area contributed by atoms with Gasteiger partial charge >= 0.3 is 0 Å². The summed E-state index contributed by atoms with van der Waals surface area (Å²) in [6, 6.07) is 0.